The van der Waals surface area contributed by atoms with Crippen molar-refractivity contribution in [1.29, 1.82) is 0 Å². The third-order valence-corrected chi connectivity index (χ3v) is 3.81. The SMILES string of the molecule is OCCc1ccc(OC2CSC2)c(Cl)c1. The van der Waals surface area contributed by atoms with Crippen LogP contribution in [0, 0.1) is 0 Å². The summed E-state index contributed by atoms with van der Waals surface area (Å²) in [5.74, 6) is 2.85. The molecule has 2 nitrogen and oxygen atoms in total. The van der Waals surface area contributed by atoms with Crippen molar-refractivity contribution < 1.29 is 9.84 Å². The Labute approximate surface area is 98.6 Å². The molecule has 0 spiro atoms. The van der Waals surface area contributed by atoms with Gasteiger partial charge in [-0.15, -0.1) is 0 Å². The van der Waals surface area contributed by atoms with Gasteiger partial charge in [-0.25, -0.2) is 0 Å². The van der Waals surface area contributed by atoms with Crippen LogP contribution < -0.4 is 4.74 Å². The standard InChI is InChI=1S/C11H13ClO2S/c12-10-5-8(3-4-13)1-2-11(10)14-9-6-15-7-9/h1-2,5,9,13H,3-4,6-7H2. The molecule has 4 heteroatoms. The van der Waals surface area contributed by atoms with Gasteiger partial charge in [0.2, 0.25) is 0 Å². The molecule has 82 valence electrons. The maximum absolute atomic E-state index is 8.80. The predicted octanol–water partition coefficient (Wildman–Crippen LogP) is 2.37. The van der Waals surface area contributed by atoms with E-state index in [1.54, 1.807) is 0 Å². The van der Waals surface area contributed by atoms with Crippen LogP contribution in [0.3, 0.4) is 0 Å². The molecule has 0 atom stereocenters. The van der Waals surface area contributed by atoms with Crippen LogP contribution in [-0.4, -0.2) is 29.3 Å². The maximum atomic E-state index is 8.80. The van der Waals surface area contributed by atoms with Gasteiger partial charge in [0.15, 0.2) is 0 Å². The van der Waals surface area contributed by atoms with Crippen molar-refractivity contribution in [3.8, 4) is 5.75 Å². The summed E-state index contributed by atoms with van der Waals surface area (Å²) in [5, 5.41) is 9.43. The third kappa shape index (κ3) is 2.80. The molecule has 0 bridgehead atoms. The molecule has 1 fully saturated rings. The minimum absolute atomic E-state index is 0.149. The molecule has 15 heavy (non-hydrogen) atoms. The van der Waals surface area contributed by atoms with Crippen LogP contribution >= 0.6 is 23.4 Å². The highest BCUT2D eigenvalue weighted by Gasteiger charge is 2.20. The van der Waals surface area contributed by atoms with E-state index in [2.05, 4.69) is 0 Å². The van der Waals surface area contributed by atoms with Crippen molar-refractivity contribution >= 4 is 23.4 Å². The molecule has 0 aromatic heterocycles. The largest absolute Gasteiger partial charge is 0.487 e. The van der Waals surface area contributed by atoms with E-state index in [-0.39, 0.29) is 6.61 Å². The molecule has 2 rings (SSSR count). The van der Waals surface area contributed by atoms with Crippen LogP contribution in [-0.2, 0) is 6.42 Å². The first-order valence-corrected chi connectivity index (χ1v) is 6.46. The van der Waals surface area contributed by atoms with Crippen molar-refractivity contribution in [3.05, 3.63) is 28.8 Å². The first kappa shape index (κ1) is 11.1. The average molecular weight is 245 g/mol. The number of aliphatic hydroxyl groups is 1. The summed E-state index contributed by atoms with van der Waals surface area (Å²) in [4.78, 5) is 0. The first-order chi connectivity index (χ1) is 7.29. The summed E-state index contributed by atoms with van der Waals surface area (Å²) in [7, 11) is 0. The fourth-order valence-electron chi connectivity index (χ4n) is 1.39. The average Bonchev–Trinajstić information content (AvgIpc) is 2.14. The van der Waals surface area contributed by atoms with Crippen LogP contribution in [0.5, 0.6) is 5.75 Å². The number of hydrogen-bond acceptors (Lipinski definition) is 3. The maximum Gasteiger partial charge on any atom is 0.138 e. The zero-order valence-electron chi connectivity index (χ0n) is 8.28. The molecule has 1 saturated heterocycles. The van der Waals surface area contributed by atoms with Crippen LogP contribution in [0.4, 0.5) is 0 Å². The van der Waals surface area contributed by atoms with E-state index >= 15 is 0 Å². The Hall–Kier alpha value is -0.380. The quantitative estimate of drug-likeness (QED) is 0.882. The lowest BCUT2D eigenvalue weighted by Gasteiger charge is -2.26. The first-order valence-electron chi connectivity index (χ1n) is 4.93. The second kappa shape index (κ2) is 5.10. The van der Waals surface area contributed by atoms with Gasteiger partial charge < -0.3 is 9.84 Å². The minimum Gasteiger partial charge on any atom is -0.487 e. The van der Waals surface area contributed by atoms with Gasteiger partial charge in [0.25, 0.3) is 0 Å². The zero-order chi connectivity index (χ0) is 10.7. The summed E-state index contributed by atoms with van der Waals surface area (Å²) in [6.45, 7) is 0.149. The van der Waals surface area contributed by atoms with Crippen LogP contribution in [0.15, 0.2) is 18.2 Å². The van der Waals surface area contributed by atoms with E-state index in [0.29, 0.717) is 17.5 Å². The van der Waals surface area contributed by atoms with E-state index in [9.17, 15) is 0 Å². The summed E-state index contributed by atoms with van der Waals surface area (Å²) in [6.07, 6.45) is 0.954. The van der Waals surface area contributed by atoms with E-state index in [1.807, 2.05) is 30.0 Å². The smallest absolute Gasteiger partial charge is 0.138 e. The van der Waals surface area contributed by atoms with Gasteiger partial charge in [0, 0.05) is 18.1 Å². The summed E-state index contributed by atoms with van der Waals surface area (Å²) in [6, 6.07) is 5.69. The summed E-state index contributed by atoms with van der Waals surface area (Å²) in [5.41, 5.74) is 1.04. The fourth-order valence-corrected chi connectivity index (χ4v) is 2.20. The van der Waals surface area contributed by atoms with Gasteiger partial charge >= 0.3 is 0 Å². The Morgan fingerprint density at radius 1 is 1.47 bits per heavy atom. The van der Waals surface area contributed by atoms with Crippen LogP contribution in [0.25, 0.3) is 0 Å². The lowest BCUT2D eigenvalue weighted by atomic mass is 10.1. The molecule has 0 saturated carbocycles. The number of halogens is 1. The number of ether oxygens (including phenoxy) is 1. The number of benzene rings is 1. The second-order valence-electron chi connectivity index (χ2n) is 3.52. The minimum atomic E-state index is 0.149. The fraction of sp³-hybridized carbons (Fsp3) is 0.455. The molecule has 1 heterocycles. The van der Waals surface area contributed by atoms with Crippen LogP contribution in [0.2, 0.25) is 5.02 Å². The zero-order valence-corrected chi connectivity index (χ0v) is 9.85. The monoisotopic (exact) mass is 244 g/mol. The highest BCUT2D eigenvalue weighted by molar-refractivity contribution is 8.00. The Balaban J connectivity index is 2.04. The molecule has 1 aromatic carbocycles. The van der Waals surface area contributed by atoms with Crippen molar-refractivity contribution in [3.63, 3.8) is 0 Å². The molecule has 0 unspecified atom stereocenters. The van der Waals surface area contributed by atoms with Gasteiger partial charge in [0.1, 0.15) is 11.9 Å². The Morgan fingerprint density at radius 3 is 2.80 bits per heavy atom. The Bertz CT molecular complexity index is 339. The van der Waals surface area contributed by atoms with Crippen LogP contribution in [0.1, 0.15) is 5.56 Å². The van der Waals surface area contributed by atoms with E-state index < -0.39 is 0 Å². The summed E-state index contributed by atoms with van der Waals surface area (Å²) < 4.78 is 5.70. The Kier molecular flexibility index (Phi) is 3.78. The van der Waals surface area contributed by atoms with Gasteiger partial charge in [-0.3, -0.25) is 0 Å². The van der Waals surface area contributed by atoms with E-state index in [1.165, 1.54) is 0 Å². The van der Waals surface area contributed by atoms with Gasteiger partial charge in [-0.1, -0.05) is 17.7 Å². The number of rotatable bonds is 4. The highest BCUT2D eigenvalue weighted by Crippen LogP contribution is 2.30. The van der Waals surface area contributed by atoms with Gasteiger partial charge in [-0.2, -0.15) is 11.8 Å². The highest BCUT2D eigenvalue weighted by atomic mass is 35.5. The number of hydrogen-bond donors (Lipinski definition) is 1. The van der Waals surface area contributed by atoms with E-state index in [4.69, 9.17) is 21.4 Å². The predicted molar refractivity (Wildman–Crippen MR) is 64.0 cm³/mol. The van der Waals surface area contributed by atoms with Crippen molar-refractivity contribution in [1.82, 2.24) is 0 Å². The lowest BCUT2D eigenvalue weighted by molar-refractivity contribution is 0.240. The topological polar surface area (TPSA) is 29.5 Å². The molecule has 0 radical (unpaired) electrons. The van der Waals surface area contributed by atoms with E-state index in [0.717, 1.165) is 22.8 Å². The van der Waals surface area contributed by atoms with Crippen molar-refractivity contribution in [2.75, 3.05) is 18.1 Å². The third-order valence-electron chi connectivity index (χ3n) is 2.30. The molecular formula is C11H13ClO2S. The van der Waals surface area contributed by atoms with Crippen molar-refractivity contribution in [2.24, 2.45) is 0 Å². The molecule has 1 aliphatic rings. The molecule has 1 aromatic rings. The molecule has 0 amide bonds. The normalized spacial score (nSPS) is 16.1. The lowest BCUT2D eigenvalue weighted by Crippen LogP contribution is -2.31. The summed E-state index contributed by atoms with van der Waals surface area (Å²) >= 11 is 7.96. The Morgan fingerprint density at radius 2 is 2.27 bits per heavy atom. The number of thioether (sulfide) groups is 1. The molecule has 1 aliphatic heterocycles. The number of aliphatic hydroxyl groups excluding tert-OH is 1. The second-order valence-corrected chi connectivity index (χ2v) is 5.00. The van der Waals surface area contributed by atoms with Crippen molar-refractivity contribution in [2.45, 2.75) is 12.5 Å². The molecule has 0 aliphatic carbocycles. The molecule has 1 N–H and O–H groups in total. The molecular weight excluding hydrogens is 232 g/mol. The van der Waals surface area contributed by atoms with Gasteiger partial charge in [-0.05, 0) is 24.1 Å². The van der Waals surface area contributed by atoms with Gasteiger partial charge in [0.05, 0.1) is 5.02 Å².